The molecule has 184 valence electrons. The summed E-state index contributed by atoms with van der Waals surface area (Å²) in [7, 11) is 0. The van der Waals surface area contributed by atoms with Crippen molar-refractivity contribution in [2.75, 3.05) is 0 Å². The van der Waals surface area contributed by atoms with Gasteiger partial charge in [-0.1, -0.05) is 82.3 Å². The van der Waals surface area contributed by atoms with Crippen LogP contribution in [-0.4, -0.2) is 0 Å². The van der Waals surface area contributed by atoms with Crippen LogP contribution in [0.1, 0.15) is 120 Å². The van der Waals surface area contributed by atoms with Gasteiger partial charge in [-0.25, -0.2) is 4.39 Å². The van der Waals surface area contributed by atoms with Crippen LogP contribution in [0.4, 0.5) is 4.39 Å². The summed E-state index contributed by atoms with van der Waals surface area (Å²) < 4.78 is 15.1. The fraction of sp³-hybridized carbons (Fsp3) is 0.636. The van der Waals surface area contributed by atoms with Crippen molar-refractivity contribution < 1.29 is 4.39 Å². The monoisotopic (exact) mass is 460 g/mol. The first kappa shape index (κ1) is 24.1. The van der Waals surface area contributed by atoms with Gasteiger partial charge in [0, 0.05) is 5.56 Å². The molecule has 34 heavy (non-hydrogen) atoms. The third-order valence-electron chi connectivity index (χ3n) is 10.1. The van der Waals surface area contributed by atoms with Crippen molar-refractivity contribution in [3.63, 3.8) is 0 Å². The predicted octanol–water partition coefficient (Wildman–Crippen LogP) is 10.3. The highest BCUT2D eigenvalue weighted by Crippen LogP contribution is 2.44. The van der Waals surface area contributed by atoms with Crippen LogP contribution >= 0.6 is 0 Å². The van der Waals surface area contributed by atoms with Crippen molar-refractivity contribution in [3.05, 3.63) is 59.4 Å². The molecular weight excluding hydrogens is 415 g/mol. The van der Waals surface area contributed by atoms with E-state index < -0.39 is 0 Å². The van der Waals surface area contributed by atoms with Gasteiger partial charge in [-0.05, 0) is 110 Å². The van der Waals surface area contributed by atoms with Gasteiger partial charge in [-0.2, -0.15) is 0 Å². The van der Waals surface area contributed by atoms with Gasteiger partial charge in [0.1, 0.15) is 5.82 Å². The standard InChI is InChI=1S/C33H45F/c1-3-24-6-10-25(11-7-24)26-12-14-27(15-13-26)28-16-18-30(19-17-28)32-21-20-31(22-33(32)34)29-8-4-23(2)5-9-29/h16-27,29H,3-15H2,1-2H3. The number of rotatable bonds is 5. The summed E-state index contributed by atoms with van der Waals surface area (Å²) in [5.74, 6) is 4.97. The molecule has 2 aromatic carbocycles. The molecule has 0 aromatic heterocycles. The average molecular weight is 461 g/mol. The summed E-state index contributed by atoms with van der Waals surface area (Å²) in [5, 5.41) is 0. The maximum Gasteiger partial charge on any atom is 0.131 e. The molecule has 3 aliphatic carbocycles. The van der Waals surface area contributed by atoms with Crippen LogP contribution in [-0.2, 0) is 0 Å². The van der Waals surface area contributed by atoms with E-state index in [1.165, 1.54) is 94.6 Å². The Morgan fingerprint density at radius 1 is 0.647 bits per heavy atom. The van der Waals surface area contributed by atoms with Crippen LogP contribution in [0.5, 0.6) is 0 Å². The van der Waals surface area contributed by atoms with E-state index in [2.05, 4.69) is 44.2 Å². The summed E-state index contributed by atoms with van der Waals surface area (Å²) in [5.41, 5.74) is 4.44. The molecule has 3 saturated carbocycles. The van der Waals surface area contributed by atoms with Gasteiger partial charge >= 0.3 is 0 Å². The number of hydrogen-bond donors (Lipinski definition) is 0. The molecule has 0 spiro atoms. The number of benzene rings is 2. The van der Waals surface area contributed by atoms with Crippen molar-refractivity contribution in [2.45, 2.75) is 109 Å². The molecule has 5 rings (SSSR count). The van der Waals surface area contributed by atoms with Crippen LogP contribution in [0.15, 0.2) is 42.5 Å². The highest BCUT2D eigenvalue weighted by Gasteiger charge is 2.31. The molecule has 0 amide bonds. The van der Waals surface area contributed by atoms with E-state index in [1.54, 1.807) is 0 Å². The minimum Gasteiger partial charge on any atom is -0.206 e. The SMILES string of the molecule is CCC1CCC(C2CCC(c3ccc(-c4ccc(C5CCC(C)CC5)cc4F)cc3)CC2)CC1. The van der Waals surface area contributed by atoms with Crippen LogP contribution in [0, 0.1) is 29.5 Å². The zero-order valence-corrected chi connectivity index (χ0v) is 21.6. The van der Waals surface area contributed by atoms with Crippen molar-refractivity contribution >= 4 is 0 Å². The second-order valence-electron chi connectivity index (χ2n) is 12.1. The lowest BCUT2D eigenvalue weighted by Crippen LogP contribution is -2.25. The molecule has 0 unspecified atom stereocenters. The van der Waals surface area contributed by atoms with E-state index in [1.807, 2.05) is 12.1 Å². The Morgan fingerprint density at radius 3 is 1.76 bits per heavy atom. The van der Waals surface area contributed by atoms with E-state index in [0.29, 0.717) is 11.8 Å². The Hall–Kier alpha value is -1.63. The zero-order chi connectivity index (χ0) is 23.5. The first-order chi connectivity index (χ1) is 16.6. The Balaban J connectivity index is 1.18. The minimum absolute atomic E-state index is 0.0535. The van der Waals surface area contributed by atoms with E-state index in [4.69, 9.17) is 0 Å². The molecular formula is C33H45F. The quantitative estimate of drug-likeness (QED) is 0.416. The Kier molecular flexibility index (Phi) is 7.77. The lowest BCUT2D eigenvalue weighted by molar-refractivity contribution is 0.158. The van der Waals surface area contributed by atoms with Gasteiger partial charge < -0.3 is 0 Å². The first-order valence-electron chi connectivity index (χ1n) is 14.5. The number of hydrogen-bond acceptors (Lipinski definition) is 0. The first-order valence-corrected chi connectivity index (χ1v) is 14.5. The third-order valence-corrected chi connectivity index (χ3v) is 10.1. The highest BCUT2D eigenvalue weighted by atomic mass is 19.1. The minimum atomic E-state index is -0.0535. The maximum atomic E-state index is 15.1. The van der Waals surface area contributed by atoms with Crippen molar-refractivity contribution in [1.29, 1.82) is 0 Å². The smallest absolute Gasteiger partial charge is 0.131 e. The van der Waals surface area contributed by atoms with E-state index in [0.717, 1.165) is 34.8 Å². The Labute approximate surface area is 207 Å². The molecule has 2 aromatic rings. The topological polar surface area (TPSA) is 0 Å². The highest BCUT2D eigenvalue weighted by molar-refractivity contribution is 5.65. The third kappa shape index (κ3) is 5.44. The molecule has 3 fully saturated rings. The van der Waals surface area contributed by atoms with Gasteiger partial charge in [-0.15, -0.1) is 0 Å². The lowest BCUT2D eigenvalue weighted by atomic mass is 9.68. The average Bonchev–Trinajstić information content (AvgIpc) is 2.89. The van der Waals surface area contributed by atoms with E-state index >= 15 is 4.39 Å². The van der Waals surface area contributed by atoms with Crippen molar-refractivity contribution in [2.24, 2.45) is 23.7 Å². The number of halogens is 1. The second kappa shape index (κ2) is 11.0. The molecule has 0 atom stereocenters. The van der Waals surface area contributed by atoms with Crippen LogP contribution in [0.3, 0.4) is 0 Å². The molecule has 0 aliphatic heterocycles. The molecule has 3 aliphatic rings. The summed E-state index contributed by atoms with van der Waals surface area (Å²) in [6.07, 6.45) is 17.7. The van der Waals surface area contributed by atoms with Crippen LogP contribution in [0.2, 0.25) is 0 Å². The molecule has 0 heterocycles. The largest absolute Gasteiger partial charge is 0.206 e. The zero-order valence-electron chi connectivity index (χ0n) is 21.6. The Bertz CT molecular complexity index is 904. The van der Waals surface area contributed by atoms with Gasteiger partial charge in [-0.3, -0.25) is 0 Å². The van der Waals surface area contributed by atoms with Gasteiger partial charge in [0.2, 0.25) is 0 Å². The molecule has 0 radical (unpaired) electrons. The van der Waals surface area contributed by atoms with Crippen LogP contribution < -0.4 is 0 Å². The molecule has 0 nitrogen and oxygen atoms in total. The summed E-state index contributed by atoms with van der Waals surface area (Å²) in [4.78, 5) is 0. The van der Waals surface area contributed by atoms with Gasteiger partial charge in [0.25, 0.3) is 0 Å². The molecule has 1 heteroatoms. The van der Waals surface area contributed by atoms with Crippen LogP contribution in [0.25, 0.3) is 11.1 Å². The normalized spacial score (nSPS) is 32.4. The molecule has 0 saturated heterocycles. The lowest BCUT2D eigenvalue weighted by Gasteiger charge is -2.38. The fourth-order valence-corrected chi connectivity index (χ4v) is 7.54. The van der Waals surface area contributed by atoms with E-state index in [-0.39, 0.29) is 5.82 Å². The Morgan fingerprint density at radius 2 is 1.18 bits per heavy atom. The summed E-state index contributed by atoms with van der Waals surface area (Å²) in [6.45, 7) is 4.70. The maximum absolute atomic E-state index is 15.1. The fourth-order valence-electron chi connectivity index (χ4n) is 7.54. The predicted molar refractivity (Wildman–Crippen MR) is 143 cm³/mol. The molecule has 0 bridgehead atoms. The summed E-state index contributed by atoms with van der Waals surface area (Å²) in [6, 6.07) is 14.9. The van der Waals surface area contributed by atoms with Crippen molar-refractivity contribution in [1.82, 2.24) is 0 Å². The second-order valence-corrected chi connectivity index (χ2v) is 12.1. The van der Waals surface area contributed by atoms with E-state index in [9.17, 15) is 0 Å². The molecule has 0 N–H and O–H groups in total. The van der Waals surface area contributed by atoms with Crippen molar-refractivity contribution in [3.8, 4) is 11.1 Å². The van der Waals surface area contributed by atoms with Gasteiger partial charge in [0.15, 0.2) is 0 Å². The van der Waals surface area contributed by atoms with Gasteiger partial charge in [0.05, 0.1) is 0 Å². The summed E-state index contributed by atoms with van der Waals surface area (Å²) >= 11 is 0.